The molecule has 1 radical (unpaired) electrons. The summed E-state index contributed by atoms with van der Waals surface area (Å²) in [5.41, 5.74) is 0. The third-order valence-electron chi connectivity index (χ3n) is 2.27. The summed E-state index contributed by atoms with van der Waals surface area (Å²) in [6, 6.07) is 0. The van der Waals surface area contributed by atoms with Gasteiger partial charge in [-0.15, -0.1) is 0 Å². The second-order valence-corrected chi connectivity index (χ2v) is 3.03. The smallest absolute Gasteiger partial charge is 0.0420 e. The Bertz CT molecular complexity index is 53.1. The minimum atomic E-state index is 0.978. The highest BCUT2D eigenvalue weighted by Gasteiger charge is 2.00. The molecule has 0 heteroatoms. The van der Waals surface area contributed by atoms with Crippen LogP contribution in [0, 0.1) is 12.8 Å². The van der Waals surface area contributed by atoms with Crippen LogP contribution in [-0.2, 0) is 0 Å². The normalized spacial score (nSPS) is 10.8. The highest BCUT2D eigenvalue weighted by molar-refractivity contribution is 4.55. The van der Waals surface area contributed by atoms with Crippen molar-refractivity contribution in [1.29, 1.82) is 0 Å². The molecular weight excluding hydrogens is 120 g/mol. The third kappa shape index (κ3) is 4.84. The van der Waals surface area contributed by atoms with Crippen molar-refractivity contribution in [3.63, 3.8) is 0 Å². The first-order valence-electron chi connectivity index (χ1n) is 4.64. The van der Waals surface area contributed by atoms with Crippen LogP contribution in [0.5, 0.6) is 0 Å². The van der Waals surface area contributed by atoms with E-state index in [1.165, 1.54) is 32.1 Å². The summed E-state index contributed by atoms with van der Waals surface area (Å²) in [6.07, 6.45) is 7.94. The Morgan fingerprint density at radius 3 is 2.10 bits per heavy atom. The van der Waals surface area contributed by atoms with Crippen LogP contribution >= 0.6 is 0 Å². The molecule has 10 heavy (non-hydrogen) atoms. The molecule has 0 nitrogen and oxygen atoms in total. The van der Waals surface area contributed by atoms with Crippen LogP contribution in [0.15, 0.2) is 0 Å². The predicted octanol–water partition coefficient (Wildman–Crippen LogP) is 3.82. The Hall–Kier alpha value is 0. The number of unbranched alkanes of at least 4 members (excludes halogenated alkanes) is 2. The summed E-state index contributed by atoms with van der Waals surface area (Å²) in [4.78, 5) is 0. The molecule has 0 spiro atoms. The minimum absolute atomic E-state index is 0.978. The molecule has 0 N–H and O–H groups in total. The molecule has 0 unspecified atom stereocenters. The molecule has 0 rings (SSSR count). The fourth-order valence-electron chi connectivity index (χ4n) is 1.31. The van der Waals surface area contributed by atoms with E-state index in [0.717, 1.165) is 12.3 Å². The van der Waals surface area contributed by atoms with Gasteiger partial charge in [-0.3, -0.25) is 0 Å². The Kier molecular flexibility index (Phi) is 7.11. The van der Waals surface area contributed by atoms with Crippen molar-refractivity contribution in [2.75, 3.05) is 0 Å². The fraction of sp³-hybridized carbons (Fsp3) is 0.900. The van der Waals surface area contributed by atoms with Gasteiger partial charge >= 0.3 is 0 Å². The van der Waals surface area contributed by atoms with Crippen molar-refractivity contribution in [3.05, 3.63) is 6.92 Å². The molecule has 0 aliphatic carbocycles. The van der Waals surface area contributed by atoms with Gasteiger partial charge in [0.15, 0.2) is 0 Å². The lowest BCUT2D eigenvalue weighted by atomic mass is 9.96. The second-order valence-electron chi connectivity index (χ2n) is 3.03. The summed E-state index contributed by atoms with van der Waals surface area (Å²) in [5.74, 6) is 0.978. The maximum atomic E-state index is 3.83. The van der Waals surface area contributed by atoms with Gasteiger partial charge in [0.2, 0.25) is 0 Å². The third-order valence-corrected chi connectivity index (χ3v) is 2.27. The van der Waals surface area contributed by atoms with Crippen LogP contribution in [-0.4, -0.2) is 0 Å². The standard InChI is InChI=1S/C10H21/c1-4-7-8-9-10(5-2)6-3/h10H,1,4-9H2,2-3H3. The van der Waals surface area contributed by atoms with Crippen molar-refractivity contribution in [2.45, 2.75) is 52.4 Å². The Labute approximate surface area is 66.0 Å². The Morgan fingerprint density at radius 2 is 1.70 bits per heavy atom. The summed E-state index contributed by atoms with van der Waals surface area (Å²) in [6.45, 7) is 8.41. The van der Waals surface area contributed by atoms with Crippen LogP contribution in [0.4, 0.5) is 0 Å². The van der Waals surface area contributed by atoms with Gasteiger partial charge in [-0.2, -0.15) is 0 Å². The van der Waals surface area contributed by atoms with Crippen LogP contribution in [0.25, 0.3) is 0 Å². The van der Waals surface area contributed by atoms with Gasteiger partial charge in [0, 0.05) is 0 Å². The monoisotopic (exact) mass is 141 g/mol. The molecule has 0 saturated heterocycles. The molecular formula is C10H21. The van der Waals surface area contributed by atoms with Crippen molar-refractivity contribution < 1.29 is 0 Å². The first kappa shape index (κ1) is 10.0. The van der Waals surface area contributed by atoms with Crippen molar-refractivity contribution in [3.8, 4) is 0 Å². The second kappa shape index (κ2) is 7.11. The van der Waals surface area contributed by atoms with Crippen molar-refractivity contribution in [1.82, 2.24) is 0 Å². The summed E-state index contributed by atoms with van der Waals surface area (Å²) in [7, 11) is 0. The van der Waals surface area contributed by atoms with Gasteiger partial charge < -0.3 is 0 Å². The van der Waals surface area contributed by atoms with Gasteiger partial charge in [0.25, 0.3) is 0 Å². The van der Waals surface area contributed by atoms with Gasteiger partial charge in [-0.25, -0.2) is 0 Å². The van der Waals surface area contributed by atoms with Crippen LogP contribution in [0.1, 0.15) is 52.4 Å². The Morgan fingerprint density at radius 1 is 1.10 bits per heavy atom. The summed E-state index contributed by atoms with van der Waals surface area (Å²) >= 11 is 0. The quantitative estimate of drug-likeness (QED) is 0.493. The number of hydrogen-bond donors (Lipinski definition) is 0. The minimum Gasteiger partial charge on any atom is -0.0651 e. The summed E-state index contributed by atoms with van der Waals surface area (Å²) in [5, 5.41) is 0. The fourth-order valence-corrected chi connectivity index (χ4v) is 1.31. The van der Waals surface area contributed by atoms with E-state index in [2.05, 4.69) is 20.8 Å². The molecule has 61 valence electrons. The van der Waals surface area contributed by atoms with E-state index in [1.807, 2.05) is 0 Å². The van der Waals surface area contributed by atoms with Crippen LogP contribution < -0.4 is 0 Å². The summed E-state index contributed by atoms with van der Waals surface area (Å²) < 4.78 is 0. The van der Waals surface area contributed by atoms with Gasteiger partial charge in [-0.1, -0.05) is 59.3 Å². The number of hydrogen-bond acceptors (Lipinski definition) is 0. The lowest BCUT2D eigenvalue weighted by Gasteiger charge is -2.10. The van der Waals surface area contributed by atoms with Crippen molar-refractivity contribution in [2.24, 2.45) is 5.92 Å². The van der Waals surface area contributed by atoms with Crippen LogP contribution in [0.3, 0.4) is 0 Å². The first-order chi connectivity index (χ1) is 4.85. The topological polar surface area (TPSA) is 0 Å². The molecule has 0 aromatic rings. The SMILES string of the molecule is [CH2]CCCCC(CC)CC. The van der Waals surface area contributed by atoms with E-state index in [-0.39, 0.29) is 0 Å². The largest absolute Gasteiger partial charge is 0.0651 e. The Balaban J connectivity index is 3.09. The van der Waals surface area contributed by atoms with E-state index in [4.69, 9.17) is 0 Å². The molecule has 0 fully saturated rings. The van der Waals surface area contributed by atoms with Gasteiger partial charge in [0.1, 0.15) is 0 Å². The molecule has 0 aliphatic rings. The van der Waals surface area contributed by atoms with E-state index < -0.39 is 0 Å². The zero-order chi connectivity index (χ0) is 7.82. The molecule has 0 aromatic heterocycles. The highest BCUT2D eigenvalue weighted by atomic mass is 14.1. The molecule has 0 amide bonds. The lowest BCUT2D eigenvalue weighted by Crippen LogP contribution is -1.95. The maximum Gasteiger partial charge on any atom is -0.0420 e. The average Bonchev–Trinajstić information content (AvgIpc) is 1.99. The molecule has 0 saturated carbocycles. The highest BCUT2D eigenvalue weighted by Crippen LogP contribution is 2.16. The molecule has 0 bridgehead atoms. The first-order valence-corrected chi connectivity index (χ1v) is 4.64. The maximum absolute atomic E-state index is 3.83. The van der Waals surface area contributed by atoms with E-state index in [1.54, 1.807) is 0 Å². The zero-order valence-corrected chi connectivity index (χ0v) is 7.53. The average molecular weight is 141 g/mol. The van der Waals surface area contributed by atoms with Gasteiger partial charge in [-0.05, 0) is 5.92 Å². The zero-order valence-electron chi connectivity index (χ0n) is 7.53. The molecule has 0 aliphatic heterocycles. The predicted molar refractivity (Wildman–Crippen MR) is 47.9 cm³/mol. The molecule has 0 heterocycles. The van der Waals surface area contributed by atoms with E-state index in [0.29, 0.717) is 0 Å². The molecule has 0 atom stereocenters. The van der Waals surface area contributed by atoms with E-state index >= 15 is 0 Å². The van der Waals surface area contributed by atoms with Crippen molar-refractivity contribution >= 4 is 0 Å². The lowest BCUT2D eigenvalue weighted by molar-refractivity contribution is 0.434. The molecule has 0 aromatic carbocycles. The van der Waals surface area contributed by atoms with Gasteiger partial charge in [0.05, 0.1) is 0 Å². The van der Waals surface area contributed by atoms with E-state index in [9.17, 15) is 0 Å². The number of rotatable bonds is 6. The van der Waals surface area contributed by atoms with Crippen LogP contribution in [0.2, 0.25) is 0 Å².